The summed E-state index contributed by atoms with van der Waals surface area (Å²) in [6, 6.07) is 10.4. The van der Waals surface area contributed by atoms with Crippen molar-refractivity contribution in [3.63, 3.8) is 0 Å². The number of hydrogen-bond acceptors (Lipinski definition) is 4. The van der Waals surface area contributed by atoms with Crippen LogP contribution in [0.2, 0.25) is 0 Å². The van der Waals surface area contributed by atoms with Gasteiger partial charge in [0, 0.05) is 4.88 Å². The van der Waals surface area contributed by atoms with E-state index in [9.17, 15) is 14.4 Å². The lowest BCUT2D eigenvalue weighted by Gasteiger charge is -2.14. The van der Waals surface area contributed by atoms with Crippen LogP contribution in [0.25, 0.3) is 10.9 Å². The Bertz CT molecular complexity index is 957. The molecule has 0 saturated heterocycles. The lowest BCUT2D eigenvalue weighted by molar-refractivity contribution is -0.122. The van der Waals surface area contributed by atoms with Crippen LogP contribution in [0.3, 0.4) is 0 Å². The van der Waals surface area contributed by atoms with Gasteiger partial charge in [-0.15, -0.1) is 11.3 Å². The Kier molecular flexibility index (Phi) is 4.12. The van der Waals surface area contributed by atoms with Gasteiger partial charge in [0.2, 0.25) is 5.91 Å². The number of thiophene rings is 1. The molecule has 1 aromatic carbocycles. The van der Waals surface area contributed by atoms with Crippen LogP contribution in [0.4, 0.5) is 0 Å². The minimum Gasteiger partial charge on any atom is -0.347 e. The van der Waals surface area contributed by atoms with Crippen molar-refractivity contribution in [3.05, 3.63) is 67.5 Å². The van der Waals surface area contributed by atoms with E-state index < -0.39 is 11.2 Å². The third-order valence-electron chi connectivity index (χ3n) is 3.55. The summed E-state index contributed by atoms with van der Waals surface area (Å²) in [7, 11) is 0. The number of aromatic amines is 1. The summed E-state index contributed by atoms with van der Waals surface area (Å²) >= 11 is 1.56. The number of amides is 1. The highest BCUT2D eigenvalue weighted by Crippen LogP contribution is 2.18. The Morgan fingerprint density at radius 2 is 2.04 bits per heavy atom. The fraction of sp³-hybridized carbons (Fsp3) is 0.188. The average Bonchev–Trinajstić information content (AvgIpc) is 3.06. The quantitative estimate of drug-likeness (QED) is 0.763. The number of H-pyrrole nitrogens is 1. The molecule has 0 saturated carbocycles. The molecule has 0 fully saturated rings. The molecule has 2 heterocycles. The molecule has 118 valence electrons. The van der Waals surface area contributed by atoms with E-state index in [1.54, 1.807) is 35.6 Å². The molecule has 7 heteroatoms. The van der Waals surface area contributed by atoms with Crippen LogP contribution in [0.5, 0.6) is 0 Å². The highest BCUT2D eigenvalue weighted by Gasteiger charge is 2.14. The Labute approximate surface area is 135 Å². The molecule has 1 unspecified atom stereocenters. The second kappa shape index (κ2) is 6.21. The summed E-state index contributed by atoms with van der Waals surface area (Å²) in [4.78, 5) is 39.4. The van der Waals surface area contributed by atoms with Crippen molar-refractivity contribution in [1.82, 2.24) is 14.9 Å². The lowest BCUT2D eigenvalue weighted by atomic mass is 10.2. The highest BCUT2D eigenvalue weighted by molar-refractivity contribution is 7.10. The van der Waals surface area contributed by atoms with Crippen molar-refractivity contribution in [3.8, 4) is 0 Å². The number of rotatable bonds is 4. The van der Waals surface area contributed by atoms with Gasteiger partial charge in [-0.25, -0.2) is 4.79 Å². The van der Waals surface area contributed by atoms with E-state index in [1.807, 2.05) is 24.4 Å². The largest absolute Gasteiger partial charge is 0.347 e. The first-order valence-corrected chi connectivity index (χ1v) is 7.99. The van der Waals surface area contributed by atoms with E-state index in [-0.39, 0.29) is 18.5 Å². The topological polar surface area (TPSA) is 84.0 Å². The zero-order chi connectivity index (χ0) is 16.4. The minimum atomic E-state index is -0.590. The van der Waals surface area contributed by atoms with Gasteiger partial charge in [-0.05, 0) is 30.5 Å². The maximum atomic E-state index is 12.2. The van der Waals surface area contributed by atoms with Crippen LogP contribution >= 0.6 is 11.3 Å². The van der Waals surface area contributed by atoms with Crippen LogP contribution in [0.1, 0.15) is 17.8 Å². The molecule has 23 heavy (non-hydrogen) atoms. The van der Waals surface area contributed by atoms with Crippen LogP contribution in [-0.2, 0) is 11.3 Å². The average molecular weight is 329 g/mol. The number of carbonyl (C=O) groups is 1. The van der Waals surface area contributed by atoms with Crippen LogP contribution in [-0.4, -0.2) is 15.5 Å². The number of aromatic nitrogens is 2. The molecule has 1 atom stereocenters. The number of carbonyl (C=O) groups excluding carboxylic acids is 1. The van der Waals surface area contributed by atoms with E-state index in [1.165, 1.54) is 4.57 Å². The van der Waals surface area contributed by atoms with E-state index in [2.05, 4.69) is 10.3 Å². The number of benzene rings is 1. The molecule has 0 aliphatic carbocycles. The summed E-state index contributed by atoms with van der Waals surface area (Å²) in [5.74, 6) is -0.287. The minimum absolute atomic E-state index is 0.132. The van der Waals surface area contributed by atoms with Gasteiger partial charge in [0.25, 0.3) is 5.56 Å². The van der Waals surface area contributed by atoms with Crippen LogP contribution < -0.4 is 16.6 Å². The van der Waals surface area contributed by atoms with Gasteiger partial charge < -0.3 is 5.32 Å². The van der Waals surface area contributed by atoms with Crippen molar-refractivity contribution >= 4 is 28.1 Å². The fourth-order valence-electron chi connectivity index (χ4n) is 2.44. The fourth-order valence-corrected chi connectivity index (χ4v) is 3.17. The number of para-hydroxylation sites is 1. The van der Waals surface area contributed by atoms with Gasteiger partial charge in [0.05, 0.1) is 16.9 Å². The Morgan fingerprint density at radius 3 is 2.78 bits per heavy atom. The molecule has 0 aliphatic rings. The number of hydrogen-bond donors (Lipinski definition) is 2. The van der Waals surface area contributed by atoms with Crippen molar-refractivity contribution in [1.29, 1.82) is 0 Å². The SMILES string of the molecule is CC(NC(=O)Cn1c(=O)[nH]c(=O)c2ccccc21)c1cccs1. The first kappa shape index (κ1) is 15.2. The smallest absolute Gasteiger partial charge is 0.329 e. The van der Waals surface area contributed by atoms with Crippen molar-refractivity contribution in [2.75, 3.05) is 0 Å². The van der Waals surface area contributed by atoms with Gasteiger partial charge in [0.15, 0.2) is 0 Å². The van der Waals surface area contributed by atoms with Crippen LogP contribution in [0.15, 0.2) is 51.4 Å². The predicted molar refractivity (Wildman–Crippen MR) is 89.7 cm³/mol. The second-order valence-electron chi connectivity index (χ2n) is 5.17. The first-order valence-electron chi connectivity index (χ1n) is 7.11. The zero-order valence-electron chi connectivity index (χ0n) is 12.4. The Balaban J connectivity index is 1.88. The molecule has 6 nitrogen and oxygen atoms in total. The molecule has 0 bridgehead atoms. The molecular weight excluding hydrogens is 314 g/mol. The Morgan fingerprint density at radius 1 is 1.26 bits per heavy atom. The number of nitrogens with zero attached hydrogens (tertiary/aromatic N) is 1. The van der Waals surface area contributed by atoms with Gasteiger partial charge in [-0.1, -0.05) is 18.2 Å². The van der Waals surface area contributed by atoms with E-state index in [4.69, 9.17) is 0 Å². The molecule has 1 amide bonds. The first-order chi connectivity index (χ1) is 11.1. The molecule has 0 radical (unpaired) electrons. The van der Waals surface area contributed by atoms with Crippen molar-refractivity contribution in [2.45, 2.75) is 19.5 Å². The maximum absolute atomic E-state index is 12.2. The van der Waals surface area contributed by atoms with Gasteiger partial charge in [-0.2, -0.15) is 0 Å². The van der Waals surface area contributed by atoms with Gasteiger partial charge in [0.1, 0.15) is 6.54 Å². The summed E-state index contributed by atoms with van der Waals surface area (Å²) in [6.07, 6.45) is 0. The van der Waals surface area contributed by atoms with Crippen molar-refractivity contribution in [2.24, 2.45) is 0 Å². The number of fused-ring (bicyclic) bond motifs is 1. The van der Waals surface area contributed by atoms with Gasteiger partial charge >= 0.3 is 5.69 Å². The highest BCUT2D eigenvalue weighted by atomic mass is 32.1. The van der Waals surface area contributed by atoms with Crippen LogP contribution in [0, 0.1) is 0 Å². The predicted octanol–water partition coefficient (Wildman–Crippen LogP) is 1.63. The Hall–Kier alpha value is -2.67. The maximum Gasteiger partial charge on any atom is 0.329 e. The van der Waals surface area contributed by atoms with E-state index >= 15 is 0 Å². The standard InChI is InChI=1S/C16H15N3O3S/c1-10(13-7-4-8-23-13)17-14(20)9-19-12-6-3-2-5-11(12)15(21)18-16(19)22/h2-8,10H,9H2,1H3,(H,17,20)(H,18,21,22). The summed E-state index contributed by atoms with van der Waals surface area (Å²) in [5, 5.41) is 5.18. The van der Waals surface area contributed by atoms with Crippen molar-refractivity contribution < 1.29 is 4.79 Å². The second-order valence-corrected chi connectivity index (χ2v) is 6.15. The molecule has 2 N–H and O–H groups in total. The molecule has 2 aromatic heterocycles. The molecule has 0 aliphatic heterocycles. The molecule has 3 rings (SSSR count). The zero-order valence-corrected chi connectivity index (χ0v) is 13.2. The molecular formula is C16H15N3O3S. The molecule has 3 aromatic rings. The number of nitrogens with one attached hydrogen (secondary N) is 2. The summed E-state index contributed by atoms with van der Waals surface area (Å²) in [5.41, 5.74) is -0.595. The summed E-state index contributed by atoms with van der Waals surface area (Å²) < 4.78 is 1.27. The molecule has 0 spiro atoms. The van der Waals surface area contributed by atoms with E-state index in [0.29, 0.717) is 10.9 Å². The van der Waals surface area contributed by atoms with Gasteiger partial charge in [-0.3, -0.25) is 19.1 Å². The monoisotopic (exact) mass is 329 g/mol. The third-order valence-corrected chi connectivity index (χ3v) is 4.61. The third kappa shape index (κ3) is 3.09. The summed E-state index contributed by atoms with van der Waals surface area (Å²) in [6.45, 7) is 1.74. The van der Waals surface area contributed by atoms with E-state index in [0.717, 1.165) is 4.88 Å². The lowest BCUT2D eigenvalue weighted by Crippen LogP contribution is -2.37. The normalized spacial score (nSPS) is 12.2.